The number of hydrazone groups is 1. The van der Waals surface area contributed by atoms with E-state index in [0.29, 0.717) is 6.61 Å². The lowest BCUT2D eigenvalue weighted by Crippen LogP contribution is -1.99. The number of benzene rings is 3. The number of hydrogen-bond acceptors (Lipinski definition) is 3. The van der Waals surface area contributed by atoms with Crippen molar-refractivity contribution in [1.29, 1.82) is 0 Å². The predicted molar refractivity (Wildman–Crippen MR) is 103 cm³/mol. The highest BCUT2D eigenvalue weighted by Gasteiger charge is 2.03. The molecule has 0 heterocycles. The quantitative estimate of drug-likeness (QED) is 0.454. The van der Waals surface area contributed by atoms with Crippen molar-refractivity contribution in [2.75, 3.05) is 5.43 Å². The normalized spacial score (nSPS) is 10.7. The van der Waals surface area contributed by atoms with Crippen LogP contribution in [0.2, 0.25) is 0 Å². The van der Waals surface area contributed by atoms with E-state index in [1.54, 1.807) is 6.21 Å². The van der Waals surface area contributed by atoms with Crippen LogP contribution in [0.4, 0.5) is 5.69 Å². The van der Waals surface area contributed by atoms with Crippen molar-refractivity contribution in [2.24, 2.45) is 5.10 Å². The van der Waals surface area contributed by atoms with E-state index in [1.807, 2.05) is 78.9 Å². The third-order valence-corrected chi connectivity index (χ3v) is 3.88. The van der Waals surface area contributed by atoms with E-state index in [9.17, 15) is 0 Å². The Labute approximate surface area is 150 Å². The fourth-order valence-electron chi connectivity index (χ4n) is 2.16. The topological polar surface area (TPSA) is 33.6 Å². The highest BCUT2D eigenvalue weighted by Crippen LogP contribution is 2.23. The molecule has 0 atom stereocenters. The molecule has 24 heavy (non-hydrogen) atoms. The molecule has 0 saturated carbocycles. The lowest BCUT2D eigenvalue weighted by Gasteiger charge is -2.10. The average Bonchev–Trinajstić information content (AvgIpc) is 2.63. The van der Waals surface area contributed by atoms with Gasteiger partial charge in [0.1, 0.15) is 12.4 Å². The highest BCUT2D eigenvalue weighted by molar-refractivity contribution is 9.10. The van der Waals surface area contributed by atoms with Crippen LogP contribution < -0.4 is 10.2 Å². The molecule has 1 N–H and O–H groups in total. The first-order valence-corrected chi connectivity index (χ1v) is 8.41. The number of anilines is 1. The average molecular weight is 381 g/mol. The first-order chi connectivity index (χ1) is 11.8. The Kier molecular flexibility index (Phi) is 5.64. The molecule has 0 fully saturated rings. The lowest BCUT2D eigenvalue weighted by atomic mass is 10.2. The molecular weight excluding hydrogens is 364 g/mol. The fourth-order valence-corrected chi connectivity index (χ4v) is 2.50. The maximum atomic E-state index is 5.96. The van der Waals surface area contributed by atoms with Gasteiger partial charge in [-0.1, -0.05) is 64.5 Å². The number of nitrogens with zero attached hydrogens (tertiary/aromatic N) is 1. The summed E-state index contributed by atoms with van der Waals surface area (Å²) in [5.41, 5.74) is 6.00. The standard InChI is InChI=1S/C20H17BrN2O/c21-18-12-11-17(14-22-23-19-9-5-2-6-10-19)20(13-18)24-15-16-7-3-1-4-8-16/h1-14,23H,15H2. The van der Waals surface area contributed by atoms with E-state index in [2.05, 4.69) is 26.5 Å². The molecule has 0 bridgehead atoms. The summed E-state index contributed by atoms with van der Waals surface area (Å²) < 4.78 is 6.93. The minimum atomic E-state index is 0.518. The van der Waals surface area contributed by atoms with E-state index in [-0.39, 0.29) is 0 Å². The summed E-state index contributed by atoms with van der Waals surface area (Å²) >= 11 is 3.49. The van der Waals surface area contributed by atoms with Crippen molar-refractivity contribution in [3.05, 3.63) is 94.5 Å². The molecule has 0 spiro atoms. The van der Waals surface area contributed by atoms with Crippen molar-refractivity contribution in [3.63, 3.8) is 0 Å². The SMILES string of the molecule is Brc1ccc(C=NNc2ccccc2)c(OCc2ccccc2)c1. The molecule has 0 aromatic heterocycles. The summed E-state index contributed by atoms with van der Waals surface area (Å²) in [4.78, 5) is 0. The number of hydrogen-bond donors (Lipinski definition) is 1. The second-order valence-electron chi connectivity index (χ2n) is 5.19. The smallest absolute Gasteiger partial charge is 0.129 e. The molecule has 120 valence electrons. The van der Waals surface area contributed by atoms with Crippen molar-refractivity contribution in [2.45, 2.75) is 6.61 Å². The number of rotatable bonds is 6. The monoisotopic (exact) mass is 380 g/mol. The molecule has 0 radical (unpaired) electrons. The summed E-state index contributed by atoms with van der Waals surface area (Å²) in [6.07, 6.45) is 1.76. The van der Waals surface area contributed by atoms with E-state index in [4.69, 9.17) is 4.74 Å². The Bertz CT molecular complexity index is 804. The van der Waals surface area contributed by atoms with Gasteiger partial charge in [0, 0.05) is 10.0 Å². The van der Waals surface area contributed by atoms with E-state index in [0.717, 1.165) is 27.0 Å². The molecule has 3 aromatic carbocycles. The molecule has 3 nitrogen and oxygen atoms in total. The summed E-state index contributed by atoms with van der Waals surface area (Å²) in [6, 6.07) is 25.8. The summed E-state index contributed by atoms with van der Waals surface area (Å²) in [5.74, 6) is 0.784. The van der Waals surface area contributed by atoms with Crippen LogP contribution in [0.5, 0.6) is 5.75 Å². The van der Waals surface area contributed by atoms with E-state index >= 15 is 0 Å². The van der Waals surface area contributed by atoms with Crippen LogP contribution in [-0.4, -0.2) is 6.21 Å². The maximum absolute atomic E-state index is 5.96. The van der Waals surface area contributed by atoms with Gasteiger partial charge in [-0.05, 0) is 35.9 Å². The Balaban J connectivity index is 1.70. The van der Waals surface area contributed by atoms with Crippen LogP contribution in [0.25, 0.3) is 0 Å². The second kappa shape index (κ2) is 8.31. The lowest BCUT2D eigenvalue weighted by molar-refractivity contribution is 0.305. The zero-order valence-corrected chi connectivity index (χ0v) is 14.6. The molecule has 0 aliphatic rings. The first-order valence-electron chi connectivity index (χ1n) is 7.62. The molecule has 0 amide bonds. The Morgan fingerprint density at radius 2 is 1.62 bits per heavy atom. The third kappa shape index (κ3) is 4.70. The van der Waals surface area contributed by atoms with Crippen LogP contribution >= 0.6 is 15.9 Å². The molecule has 0 unspecified atom stereocenters. The van der Waals surface area contributed by atoms with Gasteiger partial charge in [0.15, 0.2) is 0 Å². The number of para-hydroxylation sites is 1. The second-order valence-corrected chi connectivity index (χ2v) is 6.11. The van der Waals surface area contributed by atoms with E-state index < -0.39 is 0 Å². The van der Waals surface area contributed by atoms with Gasteiger partial charge in [-0.2, -0.15) is 5.10 Å². The fraction of sp³-hybridized carbons (Fsp3) is 0.0500. The Hall–Kier alpha value is -2.59. The first kappa shape index (κ1) is 16.3. The summed E-state index contributed by atoms with van der Waals surface area (Å²) in [7, 11) is 0. The van der Waals surface area contributed by atoms with Crippen molar-refractivity contribution >= 4 is 27.8 Å². The molecule has 0 aliphatic heterocycles. The van der Waals surface area contributed by atoms with Gasteiger partial charge in [-0.15, -0.1) is 0 Å². The molecule has 4 heteroatoms. The van der Waals surface area contributed by atoms with Crippen molar-refractivity contribution in [3.8, 4) is 5.75 Å². The van der Waals surface area contributed by atoms with Crippen LogP contribution in [0.3, 0.4) is 0 Å². The minimum absolute atomic E-state index is 0.518. The van der Waals surface area contributed by atoms with Crippen LogP contribution in [0, 0.1) is 0 Å². The zero-order chi connectivity index (χ0) is 16.6. The Morgan fingerprint density at radius 3 is 2.38 bits per heavy atom. The number of halogens is 1. The Morgan fingerprint density at radius 1 is 0.917 bits per heavy atom. The van der Waals surface area contributed by atoms with Gasteiger partial charge in [0.25, 0.3) is 0 Å². The van der Waals surface area contributed by atoms with Crippen LogP contribution in [0.15, 0.2) is 88.4 Å². The zero-order valence-electron chi connectivity index (χ0n) is 13.0. The molecule has 0 saturated heterocycles. The van der Waals surface area contributed by atoms with Gasteiger partial charge in [0.05, 0.1) is 11.9 Å². The summed E-state index contributed by atoms with van der Waals surface area (Å²) in [6.45, 7) is 0.518. The van der Waals surface area contributed by atoms with Crippen molar-refractivity contribution < 1.29 is 4.74 Å². The van der Waals surface area contributed by atoms with Crippen LogP contribution in [0.1, 0.15) is 11.1 Å². The van der Waals surface area contributed by atoms with E-state index in [1.165, 1.54) is 0 Å². The van der Waals surface area contributed by atoms with Gasteiger partial charge in [0.2, 0.25) is 0 Å². The largest absolute Gasteiger partial charge is 0.488 e. The molecule has 3 aromatic rings. The third-order valence-electron chi connectivity index (χ3n) is 3.38. The molecular formula is C20H17BrN2O. The number of ether oxygens (including phenoxy) is 1. The van der Waals surface area contributed by atoms with Gasteiger partial charge in [-0.25, -0.2) is 0 Å². The van der Waals surface area contributed by atoms with Gasteiger partial charge >= 0.3 is 0 Å². The summed E-state index contributed by atoms with van der Waals surface area (Å²) in [5, 5.41) is 4.29. The molecule has 3 rings (SSSR count). The highest BCUT2D eigenvalue weighted by atomic mass is 79.9. The van der Waals surface area contributed by atoms with Crippen LogP contribution in [-0.2, 0) is 6.61 Å². The predicted octanol–water partition coefficient (Wildman–Crippen LogP) is 5.47. The van der Waals surface area contributed by atoms with Crippen molar-refractivity contribution in [1.82, 2.24) is 0 Å². The van der Waals surface area contributed by atoms with Gasteiger partial charge < -0.3 is 4.74 Å². The maximum Gasteiger partial charge on any atom is 0.129 e. The number of nitrogens with one attached hydrogen (secondary N) is 1. The molecule has 0 aliphatic carbocycles. The minimum Gasteiger partial charge on any atom is -0.488 e. The van der Waals surface area contributed by atoms with Gasteiger partial charge in [-0.3, -0.25) is 5.43 Å².